The summed E-state index contributed by atoms with van der Waals surface area (Å²) in [6.45, 7) is 0. The molecule has 0 N–H and O–H groups in total. The van der Waals surface area contributed by atoms with Gasteiger partial charge < -0.3 is 0 Å². The highest BCUT2D eigenvalue weighted by Gasteiger charge is 2.12. The van der Waals surface area contributed by atoms with Gasteiger partial charge in [0.05, 0.1) is 5.69 Å². The van der Waals surface area contributed by atoms with E-state index in [4.69, 9.17) is 0 Å². The number of hydrogen-bond acceptors (Lipinski definition) is 3. The number of hydrogen-bond donors (Lipinski definition) is 0. The van der Waals surface area contributed by atoms with Crippen LogP contribution in [-0.2, 0) is 0 Å². The first-order valence-corrected chi connectivity index (χ1v) is 5.90. The van der Waals surface area contributed by atoms with Crippen molar-refractivity contribution in [2.45, 2.75) is 0 Å². The number of benzene rings is 1. The van der Waals surface area contributed by atoms with E-state index < -0.39 is 0 Å². The zero-order valence-corrected chi connectivity index (χ0v) is 10.1. The van der Waals surface area contributed by atoms with Gasteiger partial charge >= 0.3 is 0 Å². The molecule has 19 heavy (non-hydrogen) atoms. The lowest BCUT2D eigenvalue weighted by atomic mass is 10.1. The molecule has 0 bridgehead atoms. The third kappa shape index (κ3) is 2.28. The Balaban J connectivity index is 1.92. The van der Waals surface area contributed by atoms with E-state index in [2.05, 4.69) is 10.1 Å². The van der Waals surface area contributed by atoms with Gasteiger partial charge in [0.1, 0.15) is 5.69 Å². The molecule has 2 aromatic heterocycles. The van der Waals surface area contributed by atoms with E-state index in [1.165, 1.54) is 0 Å². The summed E-state index contributed by atoms with van der Waals surface area (Å²) < 4.78 is 1.68. The predicted molar refractivity (Wildman–Crippen MR) is 71.2 cm³/mol. The standard InChI is InChI=1S/C15H11N3O/c19-15(12-5-4-9-16-11-12)14-8-10-18(17-14)13-6-2-1-3-7-13/h1-11H. The molecule has 92 valence electrons. The predicted octanol–water partition coefficient (Wildman–Crippen LogP) is 2.50. The second kappa shape index (κ2) is 4.86. The van der Waals surface area contributed by atoms with Crippen LogP contribution in [-0.4, -0.2) is 20.5 Å². The zero-order valence-electron chi connectivity index (χ0n) is 10.1. The highest BCUT2D eigenvalue weighted by atomic mass is 16.1. The molecule has 4 heteroatoms. The Morgan fingerprint density at radius 2 is 1.84 bits per heavy atom. The van der Waals surface area contributed by atoms with Crippen molar-refractivity contribution in [2.75, 3.05) is 0 Å². The maximum absolute atomic E-state index is 12.2. The van der Waals surface area contributed by atoms with Crippen molar-refractivity contribution in [3.8, 4) is 5.69 Å². The van der Waals surface area contributed by atoms with Crippen molar-refractivity contribution in [1.29, 1.82) is 0 Å². The van der Waals surface area contributed by atoms with E-state index in [1.807, 2.05) is 30.3 Å². The van der Waals surface area contributed by atoms with Crippen LogP contribution in [0.2, 0.25) is 0 Å². The number of carbonyl (C=O) groups is 1. The molecule has 0 aliphatic heterocycles. The maximum Gasteiger partial charge on any atom is 0.214 e. The van der Waals surface area contributed by atoms with Crippen molar-refractivity contribution in [3.05, 3.63) is 78.4 Å². The summed E-state index contributed by atoms with van der Waals surface area (Å²) in [6, 6.07) is 14.9. The molecule has 0 aliphatic rings. The van der Waals surface area contributed by atoms with E-state index in [-0.39, 0.29) is 5.78 Å². The van der Waals surface area contributed by atoms with Crippen LogP contribution in [0.15, 0.2) is 67.1 Å². The minimum atomic E-state index is -0.122. The summed E-state index contributed by atoms with van der Waals surface area (Å²) in [6.07, 6.45) is 4.96. The molecule has 3 rings (SSSR count). The van der Waals surface area contributed by atoms with Crippen LogP contribution in [0.5, 0.6) is 0 Å². The van der Waals surface area contributed by atoms with Crippen molar-refractivity contribution < 1.29 is 4.79 Å². The first kappa shape index (κ1) is 11.3. The summed E-state index contributed by atoms with van der Waals surface area (Å²) in [5.41, 5.74) is 1.88. The van der Waals surface area contributed by atoms with Crippen LogP contribution in [0, 0.1) is 0 Å². The summed E-state index contributed by atoms with van der Waals surface area (Å²) in [7, 11) is 0. The molecule has 0 saturated carbocycles. The molecule has 0 spiro atoms. The Kier molecular flexibility index (Phi) is 2.90. The monoisotopic (exact) mass is 249 g/mol. The van der Waals surface area contributed by atoms with Gasteiger partial charge in [0.25, 0.3) is 0 Å². The van der Waals surface area contributed by atoms with Crippen LogP contribution in [0.1, 0.15) is 16.1 Å². The summed E-state index contributed by atoms with van der Waals surface area (Å²) in [5, 5.41) is 4.30. The second-order valence-electron chi connectivity index (χ2n) is 4.05. The van der Waals surface area contributed by atoms with Crippen LogP contribution in [0.25, 0.3) is 5.69 Å². The van der Waals surface area contributed by atoms with Gasteiger partial charge in [0.15, 0.2) is 0 Å². The Labute approximate surface area is 110 Å². The Morgan fingerprint density at radius 3 is 2.58 bits per heavy atom. The van der Waals surface area contributed by atoms with Gasteiger partial charge in [-0.3, -0.25) is 9.78 Å². The van der Waals surface area contributed by atoms with Gasteiger partial charge in [-0.25, -0.2) is 4.68 Å². The number of para-hydroxylation sites is 1. The highest BCUT2D eigenvalue weighted by Crippen LogP contribution is 2.10. The summed E-state index contributed by atoms with van der Waals surface area (Å²) in [4.78, 5) is 16.1. The molecule has 0 atom stereocenters. The quantitative estimate of drug-likeness (QED) is 0.670. The molecule has 0 aliphatic carbocycles. The first-order valence-electron chi connectivity index (χ1n) is 5.90. The molecule has 0 radical (unpaired) electrons. The lowest BCUT2D eigenvalue weighted by Crippen LogP contribution is -2.04. The molecule has 3 aromatic rings. The number of ketones is 1. The molecular weight excluding hydrogens is 238 g/mol. The maximum atomic E-state index is 12.2. The van der Waals surface area contributed by atoms with Crippen LogP contribution in [0.3, 0.4) is 0 Å². The van der Waals surface area contributed by atoms with Gasteiger partial charge in [0.2, 0.25) is 5.78 Å². The van der Waals surface area contributed by atoms with Crippen LogP contribution < -0.4 is 0 Å². The molecule has 0 fully saturated rings. The lowest BCUT2D eigenvalue weighted by molar-refractivity contribution is 0.103. The van der Waals surface area contributed by atoms with E-state index in [0.29, 0.717) is 11.3 Å². The summed E-state index contributed by atoms with van der Waals surface area (Å²) in [5.74, 6) is -0.122. The van der Waals surface area contributed by atoms with Gasteiger partial charge in [-0.1, -0.05) is 18.2 Å². The summed E-state index contributed by atoms with van der Waals surface area (Å²) >= 11 is 0. The normalized spacial score (nSPS) is 10.3. The average Bonchev–Trinajstić information content (AvgIpc) is 2.98. The molecule has 0 unspecified atom stereocenters. The fourth-order valence-corrected chi connectivity index (χ4v) is 1.81. The van der Waals surface area contributed by atoms with E-state index in [1.54, 1.807) is 41.5 Å². The fourth-order valence-electron chi connectivity index (χ4n) is 1.81. The number of pyridine rings is 1. The zero-order chi connectivity index (χ0) is 13.1. The number of nitrogens with zero attached hydrogens (tertiary/aromatic N) is 3. The first-order chi connectivity index (χ1) is 9.34. The minimum Gasteiger partial charge on any atom is -0.287 e. The smallest absolute Gasteiger partial charge is 0.214 e. The van der Waals surface area contributed by atoms with Crippen LogP contribution in [0.4, 0.5) is 0 Å². The molecule has 0 amide bonds. The lowest BCUT2D eigenvalue weighted by Gasteiger charge is -1.99. The molecule has 1 aromatic carbocycles. The Bertz CT molecular complexity index is 690. The molecule has 4 nitrogen and oxygen atoms in total. The molecule has 0 saturated heterocycles. The number of rotatable bonds is 3. The van der Waals surface area contributed by atoms with Crippen molar-refractivity contribution in [3.63, 3.8) is 0 Å². The van der Waals surface area contributed by atoms with Crippen LogP contribution >= 0.6 is 0 Å². The molecular formula is C15H11N3O. The highest BCUT2D eigenvalue weighted by molar-refractivity contribution is 6.07. The fraction of sp³-hybridized carbons (Fsp3) is 0. The van der Waals surface area contributed by atoms with Crippen molar-refractivity contribution in [2.24, 2.45) is 0 Å². The Hall–Kier alpha value is -2.75. The van der Waals surface area contributed by atoms with E-state index >= 15 is 0 Å². The van der Waals surface area contributed by atoms with Crippen molar-refractivity contribution >= 4 is 5.78 Å². The number of aromatic nitrogens is 3. The van der Waals surface area contributed by atoms with Gasteiger partial charge in [-0.05, 0) is 30.3 Å². The molecule has 2 heterocycles. The minimum absolute atomic E-state index is 0.122. The topological polar surface area (TPSA) is 47.8 Å². The van der Waals surface area contributed by atoms with E-state index in [0.717, 1.165) is 5.69 Å². The number of carbonyl (C=O) groups excluding carboxylic acids is 1. The van der Waals surface area contributed by atoms with Gasteiger partial charge in [-0.2, -0.15) is 5.10 Å². The third-order valence-electron chi connectivity index (χ3n) is 2.77. The van der Waals surface area contributed by atoms with E-state index in [9.17, 15) is 4.79 Å². The van der Waals surface area contributed by atoms with Gasteiger partial charge in [0, 0.05) is 24.2 Å². The van der Waals surface area contributed by atoms with Crippen molar-refractivity contribution in [1.82, 2.24) is 14.8 Å². The van der Waals surface area contributed by atoms with Gasteiger partial charge in [-0.15, -0.1) is 0 Å². The second-order valence-corrected chi connectivity index (χ2v) is 4.05. The largest absolute Gasteiger partial charge is 0.287 e. The Morgan fingerprint density at radius 1 is 1.00 bits per heavy atom. The SMILES string of the molecule is O=C(c1cccnc1)c1ccn(-c2ccccc2)n1. The average molecular weight is 249 g/mol. The third-order valence-corrected chi connectivity index (χ3v) is 2.77.